The number of aromatic nitrogens is 4. The monoisotopic (exact) mass is 602 g/mol. The summed E-state index contributed by atoms with van der Waals surface area (Å²) in [6.07, 6.45) is 11.3. The van der Waals surface area contributed by atoms with Gasteiger partial charge in [-0.25, -0.2) is 9.97 Å². The number of amides is 1. The van der Waals surface area contributed by atoms with Gasteiger partial charge in [0, 0.05) is 46.5 Å². The quantitative estimate of drug-likeness (QED) is 0.137. The number of fused-ring (bicyclic) bond motifs is 2. The molecular formula is C35H34N6O4. The van der Waals surface area contributed by atoms with Gasteiger partial charge < -0.3 is 24.8 Å². The normalized spacial score (nSPS) is 12.9. The zero-order valence-electron chi connectivity index (χ0n) is 25.4. The van der Waals surface area contributed by atoms with E-state index < -0.39 is 0 Å². The molecule has 0 saturated carbocycles. The van der Waals surface area contributed by atoms with E-state index in [1.807, 2.05) is 72.8 Å². The predicted octanol–water partition coefficient (Wildman–Crippen LogP) is 7.11. The fourth-order valence-electron chi connectivity index (χ4n) is 5.06. The maximum Gasteiger partial charge on any atom is 0.255 e. The molecule has 3 N–H and O–H groups in total. The van der Waals surface area contributed by atoms with Gasteiger partial charge in [-0.3, -0.25) is 9.89 Å². The Hall–Kier alpha value is -5.48. The number of rotatable bonds is 11. The molecule has 3 aromatic carbocycles. The molecule has 0 atom stereocenters. The van der Waals surface area contributed by atoms with E-state index in [1.54, 1.807) is 20.4 Å². The third-order valence-corrected chi connectivity index (χ3v) is 7.52. The molecule has 0 spiro atoms. The van der Waals surface area contributed by atoms with Crippen LogP contribution in [0.15, 0.2) is 96.2 Å². The number of anilines is 3. The van der Waals surface area contributed by atoms with Crippen molar-refractivity contribution in [1.82, 2.24) is 20.2 Å². The molecule has 2 aromatic heterocycles. The molecule has 10 nitrogen and oxygen atoms in total. The van der Waals surface area contributed by atoms with Crippen LogP contribution in [0.3, 0.4) is 0 Å². The molecule has 1 aliphatic carbocycles. The number of nitrogens with zero attached hydrogens (tertiary/aromatic N) is 3. The van der Waals surface area contributed by atoms with Gasteiger partial charge in [-0.2, -0.15) is 5.10 Å². The van der Waals surface area contributed by atoms with Crippen LogP contribution >= 0.6 is 0 Å². The number of H-pyrrole nitrogens is 1. The van der Waals surface area contributed by atoms with Crippen LogP contribution in [-0.2, 0) is 9.53 Å². The summed E-state index contributed by atoms with van der Waals surface area (Å²) in [4.78, 5) is 23.0. The average Bonchev–Trinajstić information content (AvgIpc) is 3.39. The molecule has 2 heterocycles. The minimum absolute atomic E-state index is 0.170. The van der Waals surface area contributed by atoms with Crippen molar-refractivity contribution in [3.8, 4) is 22.9 Å². The molecular weight excluding hydrogens is 568 g/mol. The van der Waals surface area contributed by atoms with E-state index in [4.69, 9.17) is 24.2 Å². The Morgan fingerprint density at radius 1 is 1.00 bits per heavy atom. The highest BCUT2D eigenvalue weighted by Crippen LogP contribution is 2.37. The minimum atomic E-state index is -0.170. The standard InChI is InChI=1S/C35H34N6O4/c1-4-22-7-5-8-23(12-11-22)35(42)38-26-10-6-9-24(17-26)33-39-30-20-31(44-3)32(45-16-15-43-2)19-28(30)34(40-33)37-27-13-14-29-25(18-27)21-36-41-29/h5-10,12-14,17-21H,4,11,15-16H2,1-3H3,(H,36,41)(H,38,42)(H,37,39,40). The van der Waals surface area contributed by atoms with Crippen LogP contribution < -0.4 is 20.1 Å². The molecule has 1 amide bonds. The van der Waals surface area contributed by atoms with Gasteiger partial charge in [0.25, 0.3) is 5.91 Å². The Morgan fingerprint density at radius 2 is 1.91 bits per heavy atom. The van der Waals surface area contributed by atoms with Gasteiger partial charge in [-0.1, -0.05) is 42.9 Å². The average molecular weight is 603 g/mol. The number of benzene rings is 3. The summed E-state index contributed by atoms with van der Waals surface area (Å²) in [7, 11) is 3.22. The van der Waals surface area contributed by atoms with Crippen LogP contribution in [0.4, 0.5) is 17.2 Å². The number of methoxy groups -OCH3 is 2. The second-order valence-corrected chi connectivity index (χ2v) is 10.5. The number of carbonyl (C=O) groups is 1. The third-order valence-electron chi connectivity index (χ3n) is 7.52. The molecule has 0 radical (unpaired) electrons. The summed E-state index contributed by atoms with van der Waals surface area (Å²) in [5, 5.41) is 15.3. The van der Waals surface area contributed by atoms with Crippen LogP contribution in [0, 0.1) is 0 Å². The van der Waals surface area contributed by atoms with Crippen molar-refractivity contribution in [1.29, 1.82) is 0 Å². The molecule has 10 heteroatoms. The Balaban J connectivity index is 1.37. The smallest absolute Gasteiger partial charge is 0.255 e. The van der Waals surface area contributed by atoms with Crippen LogP contribution in [-0.4, -0.2) is 53.5 Å². The number of nitrogens with one attached hydrogen (secondary N) is 3. The highest BCUT2D eigenvalue weighted by molar-refractivity contribution is 6.06. The second kappa shape index (κ2) is 13.4. The highest BCUT2D eigenvalue weighted by atomic mass is 16.5. The molecule has 0 aliphatic heterocycles. The van der Waals surface area contributed by atoms with E-state index in [0.717, 1.165) is 40.4 Å². The van der Waals surface area contributed by atoms with E-state index in [1.165, 1.54) is 5.57 Å². The SMILES string of the molecule is CCC1=CC=CC(C(=O)Nc2cccc(-c3nc(Nc4ccc5[nH]ncc5c4)c4cc(OCCOC)c(OC)cc4n3)c2)=CC1. The molecule has 0 unspecified atom stereocenters. The number of hydrogen-bond donors (Lipinski definition) is 3. The lowest BCUT2D eigenvalue weighted by Crippen LogP contribution is -2.13. The third kappa shape index (κ3) is 6.71. The number of allylic oxidation sites excluding steroid dienone is 4. The van der Waals surface area contributed by atoms with E-state index in [2.05, 4.69) is 33.8 Å². The Bertz CT molecular complexity index is 1960. The van der Waals surface area contributed by atoms with Crippen LogP contribution in [0.1, 0.15) is 19.8 Å². The molecule has 0 fully saturated rings. The zero-order chi connectivity index (χ0) is 31.2. The summed E-state index contributed by atoms with van der Waals surface area (Å²) in [6.45, 7) is 2.91. The lowest BCUT2D eigenvalue weighted by Gasteiger charge is -2.15. The maximum absolute atomic E-state index is 13.1. The largest absolute Gasteiger partial charge is 0.493 e. The fourth-order valence-corrected chi connectivity index (χ4v) is 5.06. The Kier molecular flexibility index (Phi) is 8.84. The summed E-state index contributed by atoms with van der Waals surface area (Å²) in [5.41, 5.74) is 5.71. The Labute approximate surface area is 260 Å². The van der Waals surface area contributed by atoms with Crippen LogP contribution in [0.2, 0.25) is 0 Å². The van der Waals surface area contributed by atoms with Gasteiger partial charge in [0.2, 0.25) is 0 Å². The van der Waals surface area contributed by atoms with E-state index >= 15 is 0 Å². The van der Waals surface area contributed by atoms with E-state index in [-0.39, 0.29) is 5.91 Å². The van der Waals surface area contributed by atoms with Gasteiger partial charge in [0.1, 0.15) is 12.4 Å². The fraction of sp³-hybridized carbons (Fsp3) is 0.200. The van der Waals surface area contributed by atoms with Crippen molar-refractivity contribution in [3.05, 3.63) is 96.2 Å². The topological polar surface area (TPSA) is 123 Å². The van der Waals surface area contributed by atoms with Crippen molar-refractivity contribution in [3.63, 3.8) is 0 Å². The predicted molar refractivity (Wildman–Crippen MR) is 177 cm³/mol. The van der Waals surface area contributed by atoms with Crippen molar-refractivity contribution in [2.24, 2.45) is 0 Å². The summed E-state index contributed by atoms with van der Waals surface area (Å²) in [5.74, 6) is 1.99. The zero-order valence-corrected chi connectivity index (χ0v) is 25.4. The number of aromatic amines is 1. The first-order valence-corrected chi connectivity index (χ1v) is 14.7. The molecule has 5 aromatic rings. The number of carbonyl (C=O) groups excluding carboxylic acids is 1. The van der Waals surface area contributed by atoms with E-state index in [9.17, 15) is 4.79 Å². The Morgan fingerprint density at radius 3 is 2.76 bits per heavy atom. The summed E-state index contributed by atoms with van der Waals surface area (Å²) in [6, 6.07) is 17.1. The molecule has 1 aliphatic rings. The maximum atomic E-state index is 13.1. The summed E-state index contributed by atoms with van der Waals surface area (Å²) < 4.78 is 16.8. The molecule has 228 valence electrons. The molecule has 0 saturated heterocycles. The van der Waals surface area contributed by atoms with Gasteiger partial charge in [-0.15, -0.1) is 0 Å². The van der Waals surface area contributed by atoms with Crippen molar-refractivity contribution in [2.45, 2.75) is 19.8 Å². The first-order valence-electron chi connectivity index (χ1n) is 14.7. The first-order chi connectivity index (χ1) is 22.0. The van der Waals surface area contributed by atoms with Crippen molar-refractivity contribution >= 4 is 44.9 Å². The summed E-state index contributed by atoms with van der Waals surface area (Å²) >= 11 is 0. The number of ether oxygens (including phenoxy) is 3. The van der Waals surface area contributed by atoms with Crippen LogP contribution in [0.5, 0.6) is 11.5 Å². The molecule has 0 bridgehead atoms. The van der Waals surface area contributed by atoms with Gasteiger partial charge in [0.05, 0.1) is 30.9 Å². The van der Waals surface area contributed by atoms with Crippen molar-refractivity contribution < 1.29 is 19.0 Å². The van der Waals surface area contributed by atoms with Crippen molar-refractivity contribution in [2.75, 3.05) is 38.1 Å². The van der Waals surface area contributed by atoms with Gasteiger partial charge >= 0.3 is 0 Å². The van der Waals surface area contributed by atoms with E-state index in [0.29, 0.717) is 53.1 Å². The van der Waals surface area contributed by atoms with Gasteiger partial charge in [-0.05, 0) is 55.3 Å². The lowest BCUT2D eigenvalue weighted by molar-refractivity contribution is -0.112. The second-order valence-electron chi connectivity index (χ2n) is 10.5. The first kappa shape index (κ1) is 29.6. The molecule has 6 rings (SSSR count). The lowest BCUT2D eigenvalue weighted by atomic mass is 10.1. The van der Waals surface area contributed by atoms with Crippen LogP contribution in [0.25, 0.3) is 33.2 Å². The molecule has 45 heavy (non-hydrogen) atoms. The highest BCUT2D eigenvalue weighted by Gasteiger charge is 2.17. The minimum Gasteiger partial charge on any atom is -0.493 e. The van der Waals surface area contributed by atoms with Gasteiger partial charge in [0.15, 0.2) is 17.3 Å². The number of hydrogen-bond acceptors (Lipinski definition) is 8.